The van der Waals surface area contributed by atoms with Crippen LogP contribution in [0.5, 0.6) is 0 Å². The van der Waals surface area contributed by atoms with Crippen LogP contribution < -0.4 is 5.73 Å². The van der Waals surface area contributed by atoms with Crippen molar-refractivity contribution in [2.75, 3.05) is 6.54 Å². The van der Waals surface area contributed by atoms with E-state index in [4.69, 9.17) is 5.73 Å². The second-order valence-corrected chi connectivity index (χ2v) is 6.73. The number of unbranched alkanes of at least 4 members (excludes halogenated alkanes) is 1. The Labute approximate surface area is 132 Å². The number of hydrogen-bond acceptors (Lipinski definition) is 2. The van der Waals surface area contributed by atoms with Crippen molar-refractivity contribution in [1.29, 1.82) is 0 Å². The Morgan fingerprint density at radius 1 is 1.18 bits per heavy atom. The van der Waals surface area contributed by atoms with E-state index in [1.54, 1.807) is 11.3 Å². The van der Waals surface area contributed by atoms with E-state index in [-0.39, 0.29) is 0 Å². The van der Waals surface area contributed by atoms with E-state index in [1.165, 1.54) is 10.9 Å². The van der Waals surface area contributed by atoms with E-state index in [1.807, 2.05) is 19.1 Å². The standard InChI is InChI=1S/C17H18F2N2S/c1-10-5-6-15(22-10)17-12(4-2-3-7-20)13-8-11(18)9-14(19)16(13)21-17/h5-6,8-9,21H,2-4,7,20H2,1H3. The van der Waals surface area contributed by atoms with Crippen LogP contribution >= 0.6 is 11.3 Å². The van der Waals surface area contributed by atoms with E-state index < -0.39 is 11.6 Å². The lowest BCUT2D eigenvalue weighted by molar-refractivity contribution is 0.591. The van der Waals surface area contributed by atoms with Crippen molar-refractivity contribution in [3.05, 3.63) is 46.3 Å². The summed E-state index contributed by atoms with van der Waals surface area (Å²) >= 11 is 1.65. The molecule has 2 nitrogen and oxygen atoms in total. The van der Waals surface area contributed by atoms with Crippen LogP contribution in [0.4, 0.5) is 8.78 Å². The maximum absolute atomic E-state index is 14.1. The van der Waals surface area contributed by atoms with Crippen LogP contribution in [0, 0.1) is 18.6 Å². The Morgan fingerprint density at radius 2 is 2.00 bits per heavy atom. The Kier molecular flexibility index (Phi) is 4.27. The van der Waals surface area contributed by atoms with Gasteiger partial charge in [-0.3, -0.25) is 0 Å². The summed E-state index contributed by atoms with van der Waals surface area (Å²) in [6.07, 6.45) is 2.55. The van der Waals surface area contributed by atoms with E-state index in [2.05, 4.69) is 4.98 Å². The highest BCUT2D eigenvalue weighted by atomic mass is 32.1. The quantitative estimate of drug-likeness (QED) is 0.654. The first-order valence-electron chi connectivity index (χ1n) is 7.36. The van der Waals surface area contributed by atoms with Crippen molar-refractivity contribution < 1.29 is 8.78 Å². The highest BCUT2D eigenvalue weighted by molar-refractivity contribution is 7.15. The number of hydrogen-bond donors (Lipinski definition) is 2. The number of aromatic nitrogens is 1. The van der Waals surface area contributed by atoms with Gasteiger partial charge in [0, 0.05) is 16.3 Å². The average molecular weight is 320 g/mol. The number of thiophene rings is 1. The normalized spacial score (nSPS) is 11.5. The predicted molar refractivity (Wildman–Crippen MR) is 88.3 cm³/mol. The molecular weight excluding hydrogens is 302 g/mol. The van der Waals surface area contributed by atoms with E-state index in [0.29, 0.717) is 17.4 Å². The zero-order valence-electron chi connectivity index (χ0n) is 12.4. The fraction of sp³-hybridized carbons (Fsp3) is 0.294. The first-order chi connectivity index (χ1) is 10.6. The third-order valence-electron chi connectivity index (χ3n) is 3.80. The number of halogens is 2. The highest BCUT2D eigenvalue weighted by Gasteiger charge is 2.17. The molecule has 0 saturated carbocycles. The van der Waals surface area contributed by atoms with Crippen LogP contribution in [0.25, 0.3) is 21.5 Å². The van der Waals surface area contributed by atoms with E-state index in [0.717, 1.165) is 41.5 Å². The SMILES string of the molecule is Cc1ccc(-c2[nH]c3c(F)cc(F)cc3c2CCCCN)s1. The molecule has 3 rings (SSSR count). The maximum atomic E-state index is 14.1. The molecule has 3 aromatic rings. The molecule has 0 radical (unpaired) electrons. The monoisotopic (exact) mass is 320 g/mol. The zero-order valence-corrected chi connectivity index (χ0v) is 13.2. The van der Waals surface area contributed by atoms with Gasteiger partial charge in [-0.15, -0.1) is 11.3 Å². The Hall–Kier alpha value is -1.72. The summed E-state index contributed by atoms with van der Waals surface area (Å²) in [6, 6.07) is 6.39. The molecule has 1 aromatic carbocycles. The molecule has 0 amide bonds. The van der Waals surface area contributed by atoms with Crippen LogP contribution in [-0.2, 0) is 6.42 Å². The van der Waals surface area contributed by atoms with Crippen molar-refractivity contribution >= 4 is 22.2 Å². The van der Waals surface area contributed by atoms with Gasteiger partial charge < -0.3 is 10.7 Å². The first-order valence-corrected chi connectivity index (χ1v) is 8.18. The lowest BCUT2D eigenvalue weighted by Gasteiger charge is -2.03. The lowest BCUT2D eigenvalue weighted by Crippen LogP contribution is -1.99. The van der Waals surface area contributed by atoms with E-state index in [9.17, 15) is 8.78 Å². The van der Waals surface area contributed by atoms with Gasteiger partial charge in [-0.05, 0) is 56.5 Å². The van der Waals surface area contributed by atoms with Gasteiger partial charge in [0.15, 0.2) is 0 Å². The molecule has 0 aliphatic rings. The fourth-order valence-corrected chi connectivity index (χ4v) is 3.65. The average Bonchev–Trinajstić information content (AvgIpc) is 3.04. The van der Waals surface area contributed by atoms with Crippen LogP contribution in [-0.4, -0.2) is 11.5 Å². The molecule has 0 spiro atoms. The summed E-state index contributed by atoms with van der Waals surface area (Å²) in [5.41, 5.74) is 7.81. The minimum atomic E-state index is -0.547. The van der Waals surface area contributed by atoms with Crippen molar-refractivity contribution in [2.45, 2.75) is 26.2 Å². The Bertz CT molecular complexity index is 804. The summed E-state index contributed by atoms with van der Waals surface area (Å²) in [5.74, 6) is -1.09. The number of rotatable bonds is 5. The van der Waals surface area contributed by atoms with Crippen molar-refractivity contribution in [3.8, 4) is 10.6 Å². The molecule has 3 N–H and O–H groups in total. The molecule has 5 heteroatoms. The molecule has 22 heavy (non-hydrogen) atoms. The van der Waals surface area contributed by atoms with Gasteiger partial charge in [0.2, 0.25) is 0 Å². The molecule has 0 unspecified atom stereocenters. The van der Waals surface area contributed by atoms with Crippen molar-refractivity contribution in [3.63, 3.8) is 0 Å². The third-order valence-corrected chi connectivity index (χ3v) is 4.82. The van der Waals surface area contributed by atoms with Crippen LogP contribution in [0.2, 0.25) is 0 Å². The first kappa shape index (κ1) is 15.2. The van der Waals surface area contributed by atoms with Gasteiger partial charge in [0.25, 0.3) is 0 Å². The van der Waals surface area contributed by atoms with Crippen LogP contribution in [0.15, 0.2) is 24.3 Å². The number of aryl methyl sites for hydroxylation is 2. The smallest absolute Gasteiger partial charge is 0.150 e. The molecule has 0 fully saturated rings. The second-order valence-electron chi connectivity index (χ2n) is 5.44. The number of aromatic amines is 1. The molecule has 116 valence electrons. The summed E-state index contributed by atoms with van der Waals surface area (Å²) in [7, 11) is 0. The van der Waals surface area contributed by atoms with Gasteiger partial charge in [0.1, 0.15) is 11.6 Å². The predicted octanol–water partition coefficient (Wildman–Crippen LogP) is 4.76. The molecule has 0 aliphatic carbocycles. The minimum absolute atomic E-state index is 0.380. The molecule has 0 aliphatic heterocycles. The fourth-order valence-electron chi connectivity index (χ4n) is 2.76. The van der Waals surface area contributed by atoms with Gasteiger partial charge in [0.05, 0.1) is 16.1 Å². The molecule has 2 aromatic heterocycles. The lowest BCUT2D eigenvalue weighted by atomic mass is 10.0. The topological polar surface area (TPSA) is 41.8 Å². The van der Waals surface area contributed by atoms with Gasteiger partial charge in [-0.1, -0.05) is 0 Å². The Morgan fingerprint density at radius 3 is 2.68 bits per heavy atom. The van der Waals surface area contributed by atoms with Crippen LogP contribution in [0.3, 0.4) is 0 Å². The third kappa shape index (κ3) is 2.78. The molecule has 0 atom stereocenters. The zero-order chi connectivity index (χ0) is 15.7. The highest BCUT2D eigenvalue weighted by Crippen LogP contribution is 2.36. The maximum Gasteiger partial charge on any atom is 0.150 e. The summed E-state index contributed by atoms with van der Waals surface area (Å²) in [5, 5.41) is 0.635. The number of benzene rings is 1. The second kappa shape index (κ2) is 6.18. The van der Waals surface area contributed by atoms with Crippen molar-refractivity contribution in [1.82, 2.24) is 4.98 Å². The summed E-state index contributed by atoms with van der Waals surface area (Å²) in [4.78, 5) is 5.39. The Balaban J connectivity index is 2.16. The van der Waals surface area contributed by atoms with Crippen molar-refractivity contribution in [2.24, 2.45) is 5.73 Å². The number of nitrogens with one attached hydrogen (secondary N) is 1. The van der Waals surface area contributed by atoms with E-state index >= 15 is 0 Å². The molecule has 0 bridgehead atoms. The molecule has 0 saturated heterocycles. The van der Waals surface area contributed by atoms with Gasteiger partial charge in [-0.2, -0.15) is 0 Å². The van der Waals surface area contributed by atoms with Crippen LogP contribution in [0.1, 0.15) is 23.3 Å². The summed E-state index contributed by atoms with van der Waals surface area (Å²) in [6.45, 7) is 2.66. The number of H-pyrrole nitrogens is 1. The number of nitrogens with two attached hydrogens (primary N) is 1. The summed E-state index contributed by atoms with van der Waals surface area (Å²) < 4.78 is 27.7. The largest absolute Gasteiger partial charge is 0.351 e. The number of fused-ring (bicyclic) bond motifs is 1. The van der Waals surface area contributed by atoms with Gasteiger partial charge >= 0.3 is 0 Å². The molecule has 2 heterocycles. The molecular formula is C17H18F2N2S. The van der Waals surface area contributed by atoms with Gasteiger partial charge in [-0.25, -0.2) is 8.78 Å². The minimum Gasteiger partial charge on any atom is -0.351 e.